The van der Waals surface area contributed by atoms with Crippen LogP contribution in [0.2, 0.25) is 0 Å². The minimum Gasteiger partial charge on any atom is -0.480 e. The molecule has 0 radical (unpaired) electrons. The summed E-state index contributed by atoms with van der Waals surface area (Å²) in [5.74, 6) is 1.80. The number of pyridine rings is 1. The van der Waals surface area contributed by atoms with Crippen molar-refractivity contribution in [2.45, 2.75) is 38.2 Å². The number of benzene rings is 7. The molecule has 4 heteroatoms. The molecule has 0 bridgehead atoms. The summed E-state index contributed by atoms with van der Waals surface area (Å²) in [4.78, 5) is 15.7. The second kappa shape index (κ2) is 13.8. The molecule has 1 aliphatic heterocycles. The van der Waals surface area contributed by atoms with Gasteiger partial charge in [-0.2, -0.15) is 0 Å². The van der Waals surface area contributed by atoms with Crippen LogP contribution in [0.5, 0.6) is 5.75 Å². The summed E-state index contributed by atoms with van der Waals surface area (Å²) in [6.45, 7) is 4.58. The smallest absolute Gasteiger partial charge is 0.160 e. The molecule has 2 aliphatic carbocycles. The van der Waals surface area contributed by atoms with Crippen molar-refractivity contribution >= 4 is 49.5 Å². The summed E-state index contributed by atoms with van der Waals surface area (Å²) in [5.41, 5.74) is 13.5. The fourth-order valence-corrected chi connectivity index (χ4v) is 10.0. The summed E-state index contributed by atoms with van der Waals surface area (Å²) in [6, 6.07) is 55.9. The van der Waals surface area contributed by atoms with Gasteiger partial charge in [0.2, 0.25) is 0 Å². The molecule has 0 saturated carbocycles. The highest BCUT2D eigenvalue weighted by atomic mass is 16.5. The number of nitrogens with zero attached hydrogens (tertiary/aromatic N) is 3. The molecule has 290 valence electrons. The molecule has 0 amide bonds. The number of hydrogen-bond donors (Lipinski definition) is 0. The normalized spacial score (nSPS) is 17.7. The van der Waals surface area contributed by atoms with Gasteiger partial charge in [-0.25, -0.2) is 15.0 Å². The van der Waals surface area contributed by atoms with Crippen LogP contribution in [0.3, 0.4) is 0 Å². The van der Waals surface area contributed by atoms with Gasteiger partial charge >= 0.3 is 0 Å². The van der Waals surface area contributed by atoms with Crippen molar-refractivity contribution in [3.63, 3.8) is 0 Å². The van der Waals surface area contributed by atoms with Gasteiger partial charge in [-0.05, 0) is 86.5 Å². The highest BCUT2D eigenvalue weighted by Crippen LogP contribution is 2.56. The summed E-state index contributed by atoms with van der Waals surface area (Å²) in [5, 5.41) is 7.72. The van der Waals surface area contributed by atoms with E-state index in [1.165, 1.54) is 60.2 Å². The fraction of sp³-hybridized carbons (Fsp3) is 0.105. The Kier molecular flexibility index (Phi) is 8.05. The minimum atomic E-state index is -0.450. The predicted octanol–water partition coefficient (Wildman–Crippen LogP) is 14.5. The molecular formula is C57H41N3O. The molecule has 3 aliphatic rings. The lowest BCUT2D eigenvalue weighted by molar-refractivity contribution is 0.170. The number of hydrogen-bond acceptors (Lipinski definition) is 4. The average molecular weight is 784 g/mol. The summed E-state index contributed by atoms with van der Waals surface area (Å²) in [7, 11) is 0. The molecule has 1 unspecified atom stereocenters. The van der Waals surface area contributed by atoms with E-state index >= 15 is 0 Å². The van der Waals surface area contributed by atoms with Crippen molar-refractivity contribution in [3.8, 4) is 50.9 Å². The monoisotopic (exact) mass is 783 g/mol. The lowest BCUT2D eigenvalue weighted by Gasteiger charge is -2.28. The van der Waals surface area contributed by atoms with Crippen LogP contribution < -0.4 is 4.74 Å². The van der Waals surface area contributed by atoms with Gasteiger partial charge in [-0.1, -0.05) is 171 Å². The molecule has 7 aromatic carbocycles. The van der Waals surface area contributed by atoms with Crippen LogP contribution >= 0.6 is 0 Å². The van der Waals surface area contributed by atoms with E-state index in [0.717, 1.165) is 63.6 Å². The third-order valence-electron chi connectivity index (χ3n) is 13.0. The van der Waals surface area contributed by atoms with Crippen molar-refractivity contribution < 1.29 is 4.74 Å². The van der Waals surface area contributed by atoms with Crippen LogP contribution in [0.15, 0.2) is 176 Å². The molecule has 0 spiro atoms. The maximum Gasteiger partial charge on any atom is 0.160 e. The molecule has 9 aromatic rings. The predicted molar refractivity (Wildman–Crippen MR) is 252 cm³/mol. The first-order chi connectivity index (χ1) is 30.0. The Bertz CT molecular complexity index is 3250. The summed E-state index contributed by atoms with van der Waals surface area (Å²) < 4.78 is 7.05. The van der Waals surface area contributed by atoms with Crippen LogP contribution in [0.4, 0.5) is 0 Å². The number of allylic oxidation sites excluding steroid dienone is 3. The number of aromatic nitrogens is 3. The zero-order valence-corrected chi connectivity index (χ0v) is 34.1. The molecule has 2 aromatic heterocycles. The van der Waals surface area contributed by atoms with E-state index in [0.29, 0.717) is 5.82 Å². The Balaban J connectivity index is 1.000. The standard InChI is InChI=1S/C57H41N3O/c1-35-31-41(40-28-29-46-44-21-10-9-19-42(44)43-20-11-12-22-45(43)47(46)32-40)33-51-52(35)53-48-23-13-14-30-57(48,2)61-55(53)54(58-51)38-24-26-39(27-25-38)56-59-49(36-15-5-3-6-16-36)34-50(60-56)37-17-7-4-8-18-37/h3-29,32-35H,30-31H2,1-2H3/t35?,57-/m0/s1. The highest BCUT2D eigenvalue weighted by Gasteiger charge is 2.45. The molecular weight excluding hydrogens is 743 g/mol. The van der Waals surface area contributed by atoms with Crippen molar-refractivity contribution in [1.82, 2.24) is 15.0 Å². The van der Waals surface area contributed by atoms with Gasteiger partial charge < -0.3 is 4.74 Å². The summed E-state index contributed by atoms with van der Waals surface area (Å²) in [6.07, 6.45) is 10.7. The Labute approximate surface area is 355 Å². The molecule has 4 nitrogen and oxygen atoms in total. The first kappa shape index (κ1) is 35.5. The largest absolute Gasteiger partial charge is 0.480 e. The van der Waals surface area contributed by atoms with Gasteiger partial charge in [0.1, 0.15) is 11.3 Å². The van der Waals surface area contributed by atoms with Crippen molar-refractivity contribution in [1.29, 1.82) is 0 Å². The molecule has 0 saturated heterocycles. The molecule has 12 rings (SSSR count). The quantitative estimate of drug-likeness (QED) is 0.163. The van der Waals surface area contributed by atoms with Gasteiger partial charge in [0.05, 0.1) is 17.1 Å². The molecule has 61 heavy (non-hydrogen) atoms. The van der Waals surface area contributed by atoms with Crippen molar-refractivity contribution in [3.05, 3.63) is 198 Å². The van der Waals surface area contributed by atoms with Crippen LogP contribution in [0.25, 0.3) is 94.7 Å². The highest BCUT2D eigenvalue weighted by molar-refractivity contribution is 6.25. The Morgan fingerprint density at radius 3 is 1.75 bits per heavy atom. The molecule has 2 atom stereocenters. The Morgan fingerprint density at radius 1 is 0.557 bits per heavy atom. The second-order valence-corrected chi connectivity index (χ2v) is 16.9. The molecule has 0 N–H and O–H groups in total. The van der Waals surface area contributed by atoms with E-state index in [-0.39, 0.29) is 5.92 Å². The zero-order chi connectivity index (χ0) is 40.7. The van der Waals surface area contributed by atoms with Crippen LogP contribution in [-0.4, -0.2) is 20.6 Å². The Hall–Kier alpha value is -7.43. The van der Waals surface area contributed by atoms with E-state index in [4.69, 9.17) is 19.7 Å². The number of rotatable bonds is 5. The van der Waals surface area contributed by atoms with E-state index in [1.807, 2.05) is 36.4 Å². The van der Waals surface area contributed by atoms with Gasteiger partial charge in [-0.15, -0.1) is 0 Å². The maximum atomic E-state index is 7.05. The van der Waals surface area contributed by atoms with Gasteiger partial charge in [0, 0.05) is 39.8 Å². The minimum absolute atomic E-state index is 0.238. The SMILES string of the molecule is CC1CC(c2ccc3c4ccccc4c4ccccc4c3c2)=Cc2nc(-c3ccc(-c4nc(-c5ccccc5)cc(-c5ccccc5)n4)cc3)c3c(c21)C1=CC=CC[C@]1(C)O3. The van der Waals surface area contributed by atoms with Crippen LogP contribution in [0.1, 0.15) is 55.0 Å². The summed E-state index contributed by atoms with van der Waals surface area (Å²) >= 11 is 0. The fourth-order valence-electron chi connectivity index (χ4n) is 10.0. The number of ether oxygens (including phenoxy) is 1. The van der Waals surface area contributed by atoms with E-state index in [9.17, 15) is 0 Å². The molecule has 3 heterocycles. The second-order valence-electron chi connectivity index (χ2n) is 16.9. The van der Waals surface area contributed by atoms with E-state index < -0.39 is 5.60 Å². The lowest BCUT2D eigenvalue weighted by Crippen LogP contribution is -2.29. The Morgan fingerprint density at radius 2 is 1.11 bits per heavy atom. The number of fused-ring (bicyclic) bond motifs is 11. The van der Waals surface area contributed by atoms with Gasteiger partial charge in [0.15, 0.2) is 11.6 Å². The topological polar surface area (TPSA) is 47.9 Å². The third kappa shape index (κ3) is 5.78. The first-order valence-electron chi connectivity index (χ1n) is 21.3. The lowest BCUT2D eigenvalue weighted by atomic mass is 9.76. The van der Waals surface area contributed by atoms with Crippen LogP contribution in [0, 0.1) is 0 Å². The van der Waals surface area contributed by atoms with E-state index in [2.05, 4.69) is 159 Å². The first-order valence-corrected chi connectivity index (χ1v) is 21.3. The van der Waals surface area contributed by atoms with E-state index in [1.54, 1.807) is 0 Å². The van der Waals surface area contributed by atoms with Gasteiger partial charge in [0.25, 0.3) is 0 Å². The van der Waals surface area contributed by atoms with Crippen molar-refractivity contribution in [2.24, 2.45) is 0 Å². The van der Waals surface area contributed by atoms with Crippen molar-refractivity contribution in [2.75, 3.05) is 0 Å². The zero-order valence-electron chi connectivity index (χ0n) is 34.1. The van der Waals surface area contributed by atoms with Crippen LogP contribution in [-0.2, 0) is 0 Å². The maximum absolute atomic E-state index is 7.05. The molecule has 0 fully saturated rings. The third-order valence-corrected chi connectivity index (χ3v) is 13.0. The average Bonchev–Trinajstić information content (AvgIpc) is 3.64. The van der Waals surface area contributed by atoms with Gasteiger partial charge in [-0.3, -0.25) is 0 Å².